The van der Waals surface area contributed by atoms with Gasteiger partial charge in [0.15, 0.2) is 0 Å². The number of alkyl halides is 3. The first-order valence-corrected chi connectivity index (χ1v) is 12.3. The van der Waals surface area contributed by atoms with Crippen molar-refractivity contribution in [3.63, 3.8) is 0 Å². The van der Waals surface area contributed by atoms with Gasteiger partial charge in [0.2, 0.25) is 11.9 Å². The Bertz CT molecular complexity index is 1140. The van der Waals surface area contributed by atoms with Crippen LogP contribution >= 0.6 is 0 Å². The number of aliphatic hydroxyl groups is 1. The summed E-state index contributed by atoms with van der Waals surface area (Å²) >= 11 is 0. The molecule has 1 unspecified atom stereocenters. The van der Waals surface area contributed by atoms with Gasteiger partial charge >= 0.3 is 6.18 Å². The topological polar surface area (TPSA) is 126 Å². The molecule has 0 aliphatic carbocycles. The van der Waals surface area contributed by atoms with E-state index in [1.165, 1.54) is 12.1 Å². The van der Waals surface area contributed by atoms with E-state index in [4.69, 9.17) is 5.41 Å². The Kier molecular flexibility index (Phi) is 7.58. The van der Waals surface area contributed by atoms with Crippen molar-refractivity contribution in [2.24, 2.45) is 5.92 Å². The highest BCUT2D eigenvalue weighted by molar-refractivity contribution is 5.93. The van der Waals surface area contributed by atoms with Gasteiger partial charge in [0.05, 0.1) is 22.8 Å². The fraction of sp³-hybridized carbons (Fsp3) is 0.520. The molecule has 1 aromatic carbocycles. The fourth-order valence-corrected chi connectivity index (χ4v) is 4.85. The zero-order valence-corrected chi connectivity index (χ0v) is 20.8. The van der Waals surface area contributed by atoms with Gasteiger partial charge < -0.3 is 31.4 Å². The molecule has 2 aliphatic heterocycles. The fourth-order valence-electron chi connectivity index (χ4n) is 4.85. The highest BCUT2D eigenvalue weighted by Gasteiger charge is 2.31. The molecule has 200 valence electrons. The number of amides is 1. The van der Waals surface area contributed by atoms with Gasteiger partial charge in [-0.1, -0.05) is 6.07 Å². The standard InChI is InChI=1S/C25H32F3N7O2/c1-24(2,37)12-15-6-8-35(9-7-15)22-19(13-29)21(31-17-5-3-4-16(10-17)25(26,27)28)33-23(34-22)32-18-11-20(36)30-14-18/h3-5,10,13,15,18,29,37H,6-9,11-12,14H2,1-2H3,(H,30,36)(H2,31,32,33,34). The molecule has 0 bridgehead atoms. The zero-order chi connectivity index (χ0) is 26.8. The van der Waals surface area contributed by atoms with Gasteiger partial charge in [-0.05, 0) is 57.2 Å². The van der Waals surface area contributed by atoms with Crippen LogP contribution in [0.5, 0.6) is 0 Å². The maximum atomic E-state index is 13.3. The van der Waals surface area contributed by atoms with Gasteiger partial charge in [-0.25, -0.2) is 0 Å². The summed E-state index contributed by atoms with van der Waals surface area (Å²) in [6.07, 6.45) is -0.819. The molecule has 1 aromatic heterocycles. The van der Waals surface area contributed by atoms with Crippen LogP contribution in [0.25, 0.3) is 0 Å². The first-order valence-electron chi connectivity index (χ1n) is 12.3. The molecule has 3 heterocycles. The minimum atomic E-state index is -4.50. The molecule has 0 spiro atoms. The number of nitrogens with zero attached hydrogens (tertiary/aromatic N) is 3. The Labute approximate surface area is 213 Å². The SMILES string of the molecule is CC(C)(O)CC1CCN(c2nc(NC3CNC(=O)C3)nc(Nc3cccc(C(F)(F)F)c3)c2C=N)CC1. The second-order valence-corrected chi connectivity index (χ2v) is 10.3. The van der Waals surface area contributed by atoms with E-state index in [2.05, 4.69) is 25.9 Å². The molecule has 2 saturated heterocycles. The first kappa shape index (κ1) is 26.6. The van der Waals surface area contributed by atoms with Crippen LogP contribution in [0.1, 0.15) is 50.7 Å². The molecular weight excluding hydrogens is 487 g/mol. The van der Waals surface area contributed by atoms with E-state index in [9.17, 15) is 23.1 Å². The number of carbonyl (C=O) groups excluding carboxylic acids is 1. The lowest BCUT2D eigenvalue weighted by Gasteiger charge is -2.36. The third-order valence-electron chi connectivity index (χ3n) is 6.54. The number of rotatable bonds is 8. The maximum absolute atomic E-state index is 13.3. The van der Waals surface area contributed by atoms with Crippen LogP contribution in [0.3, 0.4) is 0 Å². The van der Waals surface area contributed by atoms with Gasteiger partial charge in [0, 0.05) is 38.0 Å². The average Bonchev–Trinajstić information content (AvgIpc) is 3.22. The average molecular weight is 520 g/mol. The smallest absolute Gasteiger partial charge is 0.390 e. The van der Waals surface area contributed by atoms with Crippen LogP contribution in [0.15, 0.2) is 24.3 Å². The number of hydrogen-bond donors (Lipinski definition) is 5. The molecular formula is C25H32F3N7O2. The minimum Gasteiger partial charge on any atom is -0.390 e. The molecule has 12 heteroatoms. The molecule has 2 aromatic rings. The lowest BCUT2D eigenvalue weighted by atomic mass is 9.86. The Balaban J connectivity index is 1.65. The van der Waals surface area contributed by atoms with E-state index >= 15 is 0 Å². The van der Waals surface area contributed by atoms with Gasteiger partial charge in [-0.2, -0.15) is 23.1 Å². The van der Waals surface area contributed by atoms with Crippen LogP contribution < -0.4 is 20.9 Å². The van der Waals surface area contributed by atoms with Gasteiger partial charge in [0.25, 0.3) is 0 Å². The quantitative estimate of drug-likeness (QED) is 0.335. The third-order valence-corrected chi connectivity index (χ3v) is 6.54. The van der Waals surface area contributed by atoms with Crippen molar-refractivity contribution in [2.75, 3.05) is 35.2 Å². The van der Waals surface area contributed by atoms with Crippen LogP contribution in [0.2, 0.25) is 0 Å². The van der Waals surface area contributed by atoms with E-state index < -0.39 is 17.3 Å². The summed E-state index contributed by atoms with van der Waals surface area (Å²) in [6, 6.07) is 4.55. The van der Waals surface area contributed by atoms with E-state index in [0.29, 0.717) is 43.4 Å². The summed E-state index contributed by atoms with van der Waals surface area (Å²) in [7, 11) is 0. The van der Waals surface area contributed by atoms with Gasteiger partial charge in [0.1, 0.15) is 11.6 Å². The molecule has 37 heavy (non-hydrogen) atoms. The normalized spacial score (nSPS) is 19.0. The predicted molar refractivity (Wildman–Crippen MR) is 136 cm³/mol. The Morgan fingerprint density at radius 2 is 1.97 bits per heavy atom. The summed E-state index contributed by atoms with van der Waals surface area (Å²) < 4.78 is 39.8. The van der Waals surface area contributed by atoms with Crippen molar-refractivity contribution in [1.82, 2.24) is 15.3 Å². The first-order chi connectivity index (χ1) is 17.4. The number of halogens is 3. The number of carbonyl (C=O) groups is 1. The van der Waals surface area contributed by atoms with Crippen molar-refractivity contribution in [3.8, 4) is 0 Å². The molecule has 1 atom stereocenters. The molecule has 2 fully saturated rings. The van der Waals surface area contributed by atoms with Crippen molar-refractivity contribution in [2.45, 2.75) is 57.3 Å². The molecule has 0 radical (unpaired) electrons. The molecule has 5 N–H and O–H groups in total. The zero-order valence-electron chi connectivity index (χ0n) is 20.8. The lowest BCUT2D eigenvalue weighted by Crippen LogP contribution is -2.37. The Hall–Kier alpha value is -3.41. The Morgan fingerprint density at radius 3 is 2.57 bits per heavy atom. The monoisotopic (exact) mass is 519 g/mol. The number of aromatic nitrogens is 2. The van der Waals surface area contributed by atoms with E-state index in [-0.39, 0.29) is 35.8 Å². The van der Waals surface area contributed by atoms with Crippen LogP contribution in [-0.4, -0.2) is 58.5 Å². The second kappa shape index (κ2) is 10.5. The largest absolute Gasteiger partial charge is 0.416 e. The molecule has 1 amide bonds. The molecule has 4 rings (SSSR count). The van der Waals surface area contributed by atoms with Gasteiger partial charge in [-0.15, -0.1) is 0 Å². The van der Waals surface area contributed by atoms with Crippen molar-refractivity contribution in [3.05, 3.63) is 35.4 Å². The number of benzene rings is 1. The second-order valence-electron chi connectivity index (χ2n) is 10.3. The number of nitrogens with one attached hydrogen (secondary N) is 4. The van der Waals surface area contributed by atoms with E-state index in [1.54, 1.807) is 13.8 Å². The number of hydrogen-bond acceptors (Lipinski definition) is 8. The molecule has 2 aliphatic rings. The van der Waals surface area contributed by atoms with Crippen molar-refractivity contribution < 1.29 is 23.1 Å². The number of anilines is 4. The van der Waals surface area contributed by atoms with Crippen LogP contribution in [-0.2, 0) is 11.0 Å². The molecule has 0 saturated carbocycles. The predicted octanol–water partition coefficient (Wildman–Crippen LogP) is 3.91. The third kappa shape index (κ3) is 6.88. The Morgan fingerprint density at radius 1 is 1.24 bits per heavy atom. The highest BCUT2D eigenvalue weighted by atomic mass is 19.4. The molecule has 9 nitrogen and oxygen atoms in total. The van der Waals surface area contributed by atoms with Crippen molar-refractivity contribution in [1.29, 1.82) is 5.41 Å². The summed E-state index contributed by atoms with van der Waals surface area (Å²) in [6.45, 7) is 5.28. The van der Waals surface area contributed by atoms with Crippen molar-refractivity contribution >= 4 is 35.4 Å². The van der Waals surface area contributed by atoms with Gasteiger partial charge in [-0.3, -0.25) is 4.79 Å². The van der Waals surface area contributed by atoms with E-state index in [1.807, 2.05) is 4.90 Å². The maximum Gasteiger partial charge on any atom is 0.416 e. The highest BCUT2D eigenvalue weighted by Crippen LogP contribution is 2.34. The van der Waals surface area contributed by atoms with E-state index in [0.717, 1.165) is 31.2 Å². The summed E-state index contributed by atoms with van der Waals surface area (Å²) in [5.41, 5.74) is -1.03. The van der Waals surface area contributed by atoms with Crippen LogP contribution in [0, 0.1) is 11.3 Å². The lowest BCUT2D eigenvalue weighted by molar-refractivity contribution is -0.137. The summed E-state index contributed by atoms with van der Waals surface area (Å²) in [5.74, 6) is 1.15. The summed E-state index contributed by atoms with van der Waals surface area (Å²) in [4.78, 5) is 22.8. The minimum absolute atomic E-state index is 0.0926. The summed E-state index contributed by atoms with van der Waals surface area (Å²) in [5, 5.41) is 27.1. The number of piperidine rings is 1. The van der Waals surface area contributed by atoms with Crippen LogP contribution in [0.4, 0.5) is 36.4 Å².